The lowest BCUT2D eigenvalue weighted by Crippen LogP contribution is -1.95. The number of rotatable bonds is 4. The first kappa shape index (κ1) is 30.6. The Balaban J connectivity index is 1.29. The first-order valence-electron chi connectivity index (χ1n) is 18.8. The Kier molecular flexibility index (Phi) is 6.97. The standard InChI is InChI=1S/C54H34/c1-2-15-37(16-3-1)49-33-40-18-6-7-19-41(40)34-50(49)52-48-25-13-12-24-47(48)51(53-45-22-10-8-20-43(45)44-21-9-11-23-46(44)54(52)53)38-29-26-36(27-30-38)42-31-28-35-14-4-5-17-39(35)32-42/h1-34H. The van der Waals surface area contributed by atoms with Gasteiger partial charge in [-0.15, -0.1) is 0 Å². The van der Waals surface area contributed by atoms with Gasteiger partial charge in [-0.3, -0.25) is 0 Å². The third kappa shape index (κ3) is 4.78. The first-order valence-corrected chi connectivity index (χ1v) is 18.8. The monoisotopic (exact) mass is 682 g/mol. The van der Waals surface area contributed by atoms with Gasteiger partial charge in [0.1, 0.15) is 0 Å². The van der Waals surface area contributed by atoms with Crippen LogP contribution < -0.4 is 0 Å². The van der Waals surface area contributed by atoms with E-state index in [9.17, 15) is 0 Å². The van der Waals surface area contributed by atoms with Crippen molar-refractivity contribution in [1.29, 1.82) is 0 Å². The molecule has 0 spiro atoms. The molecule has 0 aliphatic rings. The molecule has 0 bridgehead atoms. The number of hydrogen-bond acceptors (Lipinski definition) is 0. The van der Waals surface area contributed by atoms with E-state index in [2.05, 4.69) is 206 Å². The summed E-state index contributed by atoms with van der Waals surface area (Å²) in [5, 5.41) is 15.2. The fraction of sp³-hybridized carbons (Fsp3) is 0. The summed E-state index contributed by atoms with van der Waals surface area (Å²) < 4.78 is 0. The highest BCUT2D eigenvalue weighted by Crippen LogP contribution is 2.51. The highest BCUT2D eigenvalue weighted by Gasteiger charge is 2.23. The van der Waals surface area contributed by atoms with E-state index in [1.807, 2.05) is 0 Å². The van der Waals surface area contributed by atoms with E-state index in [-0.39, 0.29) is 0 Å². The van der Waals surface area contributed by atoms with Crippen LogP contribution in [0.3, 0.4) is 0 Å². The van der Waals surface area contributed by atoms with Crippen LogP contribution in [0.1, 0.15) is 0 Å². The molecule has 11 aromatic rings. The van der Waals surface area contributed by atoms with E-state index in [4.69, 9.17) is 0 Å². The van der Waals surface area contributed by atoms with Gasteiger partial charge in [-0.25, -0.2) is 0 Å². The van der Waals surface area contributed by atoms with Crippen molar-refractivity contribution in [2.45, 2.75) is 0 Å². The van der Waals surface area contributed by atoms with Crippen molar-refractivity contribution in [3.8, 4) is 44.5 Å². The molecule has 0 unspecified atom stereocenters. The molecule has 0 nitrogen and oxygen atoms in total. The summed E-state index contributed by atoms with van der Waals surface area (Å²) in [5.74, 6) is 0. The highest BCUT2D eigenvalue weighted by molar-refractivity contribution is 6.37. The number of hydrogen-bond donors (Lipinski definition) is 0. The molecular weight excluding hydrogens is 649 g/mol. The van der Waals surface area contributed by atoms with Crippen molar-refractivity contribution >= 4 is 64.6 Å². The SMILES string of the molecule is c1ccc(-c2cc3ccccc3cc2-c2c3ccccc3c(-c3ccc(-c4ccc5ccccc5c4)cc3)c3c4ccccc4c4ccccc4c23)cc1. The maximum Gasteiger partial charge on any atom is -0.000741 e. The number of fused-ring (bicyclic) bond motifs is 9. The second-order valence-corrected chi connectivity index (χ2v) is 14.4. The predicted octanol–water partition coefficient (Wildman–Crippen LogP) is 15.3. The van der Waals surface area contributed by atoms with E-state index in [0.717, 1.165) is 0 Å². The molecule has 0 radical (unpaired) electrons. The van der Waals surface area contributed by atoms with Crippen LogP contribution in [0.2, 0.25) is 0 Å². The smallest absolute Gasteiger partial charge is 0.000741 e. The van der Waals surface area contributed by atoms with Gasteiger partial charge in [0.2, 0.25) is 0 Å². The minimum absolute atomic E-state index is 1.22. The van der Waals surface area contributed by atoms with Crippen LogP contribution in [-0.4, -0.2) is 0 Å². The molecule has 11 rings (SSSR count). The molecule has 0 amide bonds. The van der Waals surface area contributed by atoms with E-state index in [1.54, 1.807) is 0 Å². The Morgan fingerprint density at radius 1 is 0.204 bits per heavy atom. The normalized spacial score (nSPS) is 11.7. The van der Waals surface area contributed by atoms with Crippen molar-refractivity contribution in [2.75, 3.05) is 0 Å². The predicted molar refractivity (Wildman–Crippen MR) is 233 cm³/mol. The molecule has 0 heterocycles. The van der Waals surface area contributed by atoms with Crippen molar-refractivity contribution in [2.24, 2.45) is 0 Å². The minimum atomic E-state index is 1.22. The van der Waals surface area contributed by atoms with E-state index < -0.39 is 0 Å². The first-order chi connectivity index (χ1) is 26.8. The Morgan fingerprint density at radius 3 is 1.26 bits per heavy atom. The summed E-state index contributed by atoms with van der Waals surface area (Å²) in [7, 11) is 0. The van der Waals surface area contributed by atoms with Crippen LogP contribution in [0.5, 0.6) is 0 Å². The van der Waals surface area contributed by atoms with E-state index in [1.165, 1.54) is 109 Å². The van der Waals surface area contributed by atoms with Crippen molar-refractivity contribution < 1.29 is 0 Å². The van der Waals surface area contributed by atoms with E-state index >= 15 is 0 Å². The van der Waals surface area contributed by atoms with Gasteiger partial charge in [0.05, 0.1) is 0 Å². The van der Waals surface area contributed by atoms with Gasteiger partial charge in [-0.05, 0) is 127 Å². The molecule has 0 atom stereocenters. The van der Waals surface area contributed by atoms with Crippen molar-refractivity contribution in [3.05, 3.63) is 206 Å². The largest absolute Gasteiger partial charge is 0.0622 e. The quantitative estimate of drug-likeness (QED) is 0.128. The average Bonchev–Trinajstić information content (AvgIpc) is 3.25. The number of benzene rings is 11. The Hall–Kier alpha value is -7.02. The molecular formula is C54H34. The lowest BCUT2D eigenvalue weighted by molar-refractivity contribution is 1.62. The van der Waals surface area contributed by atoms with Crippen molar-refractivity contribution in [3.63, 3.8) is 0 Å². The zero-order valence-electron chi connectivity index (χ0n) is 29.6. The summed E-state index contributed by atoms with van der Waals surface area (Å²) >= 11 is 0. The van der Waals surface area contributed by atoms with Gasteiger partial charge in [0.15, 0.2) is 0 Å². The Labute approximate surface area is 314 Å². The van der Waals surface area contributed by atoms with Gasteiger partial charge in [-0.1, -0.05) is 188 Å². The second-order valence-electron chi connectivity index (χ2n) is 14.4. The summed E-state index contributed by atoms with van der Waals surface area (Å²) in [4.78, 5) is 0. The third-order valence-corrected chi connectivity index (χ3v) is 11.4. The van der Waals surface area contributed by atoms with Gasteiger partial charge >= 0.3 is 0 Å². The van der Waals surface area contributed by atoms with Gasteiger partial charge in [-0.2, -0.15) is 0 Å². The molecule has 11 aromatic carbocycles. The molecule has 250 valence electrons. The van der Waals surface area contributed by atoms with Crippen LogP contribution >= 0.6 is 0 Å². The molecule has 0 fully saturated rings. The van der Waals surface area contributed by atoms with Crippen molar-refractivity contribution in [1.82, 2.24) is 0 Å². The van der Waals surface area contributed by atoms with Gasteiger partial charge in [0.25, 0.3) is 0 Å². The summed E-state index contributed by atoms with van der Waals surface area (Å²) in [6, 6.07) is 76.2. The molecule has 0 heteroatoms. The van der Waals surface area contributed by atoms with Crippen LogP contribution in [0, 0.1) is 0 Å². The molecule has 0 saturated heterocycles. The molecule has 54 heavy (non-hydrogen) atoms. The van der Waals surface area contributed by atoms with Gasteiger partial charge in [0, 0.05) is 0 Å². The molecule has 0 aliphatic carbocycles. The third-order valence-electron chi connectivity index (χ3n) is 11.4. The summed E-state index contributed by atoms with van der Waals surface area (Å²) in [6.45, 7) is 0. The highest BCUT2D eigenvalue weighted by atomic mass is 14.3. The van der Waals surface area contributed by atoms with Crippen LogP contribution in [-0.2, 0) is 0 Å². The fourth-order valence-electron chi connectivity index (χ4n) is 8.93. The topological polar surface area (TPSA) is 0 Å². The lowest BCUT2D eigenvalue weighted by Gasteiger charge is -2.23. The molecule has 0 saturated carbocycles. The summed E-state index contributed by atoms with van der Waals surface area (Å²) in [6.07, 6.45) is 0. The lowest BCUT2D eigenvalue weighted by atomic mass is 9.79. The molecule has 0 aromatic heterocycles. The Bertz CT molecular complexity index is 3240. The maximum absolute atomic E-state index is 2.43. The van der Waals surface area contributed by atoms with Crippen LogP contribution in [0.4, 0.5) is 0 Å². The van der Waals surface area contributed by atoms with E-state index in [0.29, 0.717) is 0 Å². The second kappa shape index (κ2) is 12.3. The fourth-order valence-corrected chi connectivity index (χ4v) is 8.93. The summed E-state index contributed by atoms with van der Waals surface area (Å²) in [5.41, 5.74) is 9.93. The van der Waals surface area contributed by atoms with Crippen LogP contribution in [0.15, 0.2) is 206 Å². The Morgan fingerprint density at radius 2 is 0.630 bits per heavy atom. The maximum atomic E-state index is 2.43. The average molecular weight is 683 g/mol. The van der Waals surface area contributed by atoms with Crippen LogP contribution in [0.25, 0.3) is 109 Å². The zero-order valence-corrected chi connectivity index (χ0v) is 29.6. The van der Waals surface area contributed by atoms with Gasteiger partial charge < -0.3 is 0 Å². The molecule has 0 aliphatic heterocycles. The minimum Gasteiger partial charge on any atom is -0.0622 e. The molecule has 0 N–H and O–H groups in total. The zero-order chi connectivity index (χ0) is 35.6.